The topological polar surface area (TPSA) is 17.1 Å². The summed E-state index contributed by atoms with van der Waals surface area (Å²) in [7, 11) is -2.55. The standard InChI is InChI=1S/C24H25OP/c25-26(23-17-9-4-10-18-23,24-19-11-5-12-20-24)21-13-2-1-6-14-22-15-7-3-8-16-22/h3-12,14-20H,1-2,13,21H2. The van der Waals surface area contributed by atoms with Crippen LogP contribution in [0, 0.1) is 0 Å². The molecule has 0 atom stereocenters. The van der Waals surface area contributed by atoms with E-state index in [0.717, 1.165) is 36.0 Å². The monoisotopic (exact) mass is 360 g/mol. The quantitative estimate of drug-likeness (QED) is 0.362. The molecule has 0 aliphatic rings. The SMILES string of the molecule is O=P(CCCCC=Cc1ccccc1)(c1ccccc1)c1ccccc1. The number of rotatable bonds is 8. The Kier molecular flexibility index (Phi) is 6.63. The van der Waals surface area contributed by atoms with E-state index in [9.17, 15) is 4.57 Å². The Hall–Kier alpha value is -2.37. The van der Waals surface area contributed by atoms with Crippen molar-refractivity contribution in [3.63, 3.8) is 0 Å². The van der Waals surface area contributed by atoms with Gasteiger partial charge in [-0.2, -0.15) is 0 Å². The van der Waals surface area contributed by atoms with E-state index in [1.807, 2.05) is 66.7 Å². The maximum Gasteiger partial charge on any atom is 0.143 e. The van der Waals surface area contributed by atoms with E-state index in [-0.39, 0.29) is 0 Å². The van der Waals surface area contributed by atoms with Gasteiger partial charge in [-0.25, -0.2) is 0 Å². The fourth-order valence-corrected chi connectivity index (χ4v) is 5.92. The van der Waals surface area contributed by atoms with E-state index >= 15 is 0 Å². The van der Waals surface area contributed by atoms with Crippen molar-refractivity contribution >= 4 is 23.8 Å². The molecule has 1 nitrogen and oxygen atoms in total. The molecule has 0 fully saturated rings. The summed E-state index contributed by atoms with van der Waals surface area (Å²) in [5.41, 5.74) is 1.23. The van der Waals surface area contributed by atoms with Gasteiger partial charge < -0.3 is 4.57 Å². The fourth-order valence-electron chi connectivity index (χ4n) is 3.13. The smallest absolute Gasteiger partial charge is 0.143 e. The van der Waals surface area contributed by atoms with Gasteiger partial charge in [0.1, 0.15) is 7.14 Å². The molecule has 0 saturated heterocycles. The predicted octanol–water partition coefficient (Wildman–Crippen LogP) is 5.88. The van der Waals surface area contributed by atoms with Crippen LogP contribution in [0.5, 0.6) is 0 Å². The molecule has 0 bridgehead atoms. The third-order valence-electron chi connectivity index (χ3n) is 4.55. The second kappa shape index (κ2) is 9.36. The van der Waals surface area contributed by atoms with Crippen LogP contribution in [-0.4, -0.2) is 6.16 Å². The van der Waals surface area contributed by atoms with E-state index in [4.69, 9.17) is 0 Å². The molecule has 0 heterocycles. The van der Waals surface area contributed by atoms with E-state index in [1.165, 1.54) is 5.56 Å². The average molecular weight is 360 g/mol. The Bertz CT molecular complexity index is 811. The van der Waals surface area contributed by atoms with Gasteiger partial charge in [-0.1, -0.05) is 103 Å². The van der Waals surface area contributed by atoms with Crippen molar-refractivity contribution < 1.29 is 4.57 Å². The molecule has 0 saturated carbocycles. The third-order valence-corrected chi connectivity index (χ3v) is 7.76. The lowest BCUT2D eigenvalue weighted by Crippen LogP contribution is -2.18. The zero-order chi connectivity index (χ0) is 18.1. The Morgan fingerprint density at radius 2 is 1.15 bits per heavy atom. The van der Waals surface area contributed by atoms with Gasteiger partial charge in [-0.15, -0.1) is 0 Å². The normalized spacial score (nSPS) is 11.7. The molecule has 132 valence electrons. The van der Waals surface area contributed by atoms with Crippen LogP contribution < -0.4 is 10.6 Å². The highest BCUT2D eigenvalue weighted by atomic mass is 31.2. The lowest BCUT2D eigenvalue weighted by Gasteiger charge is -2.19. The highest BCUT2D eigenvalue weighted by molar-refractivity contribution is 7.78. The maximum absolute atomic E-state index is 13.9. The van der Waals surface area contributed by atoms with Crippen molar-refractivity contribution in [1.29, 1.82) is 0 Å². The molecular formula is C24H25OP. The van der Waals surface area contributed by atoms with Crippen LogP contribution in [0.1, 0.15) is 24.8 Å². The summed E-state index contributed by atoms with van der Waals surface area (Å²) >= 11 is 0. The summed E-state index contributed by atoms with van der Waals surface area (Å²) in [5, 5.41) is 1.93. The van der Waals surface area contributed by atoms with Gasteiger partial charge in [0.2, 0.25) is 0 Å². The second-order valence-electron chi connectivity index (χ2n) is 6.44. The second-order valence-corrected chi connectivity index (χ2v) is 9.40. The van der Waals surface area contributed by atoms with Gasteiger partial charge >= 0.3 is 0 Å². The minimum Gasteiger partial charge on any atom is -0.314 e. The molecular weight excluding hydrogens is 335 g/mol. The lowest BCUT2D eigenvalue weighted by atomic mass is 10.2. The van der Waals surface area contributed by atoms with E-state index in [1.54, 1.807) is 0 Å². The van der Waals surface area contributed by atoms with Crippen LogP contribution in [0.25, 0.3) is 6.08 Å². The molecule has 0 N–H and O–H groups in total. The average Bonchev–Trinajstić information content (AvgIpc) is 2.72. The van der Waals surface area contributed by atoms with E-state index in [2.05, 4.69) is 36.4 Å². The van der Waals surface area contributed by atoms with Gasteiger partial charge in [-0.05, 0) is 24.8 Å². The summed E-state index contributed by atoms with van der Waals surface area (Å²) in [6, 6.07) is 30.2. The van der Waals surface area contributed by atoms with Crippen molar-refractivity contribution in [2.45, 2.75) is 19.3 Å². The number of unbranched alkanes of at least 4 members (excludes halogenated alkanes) is 2. The van der Waals surface area contributed by atoms with Gasteiger partial charge in [0.15, 0.2) is 0 Å². The fraction of sp³-hybridized carbons (Fsp3) is 0.167. The lowest BCUT2D eigenvalue weighted by molar-refractivity contribution is 0.584. The van der Waals surface area contributed by atoms with Crippen LogP contribution in [0.4, 0.5) is 0 Å². The van der Waals surface area contributed by atoms with E-state index in [0.29, 0.717) is 0 Å². The van der Waals surface area contributed by atoms with E-state index < -0.39 is 7.14 Å². The Morgan fingerprint density at radius 3 is 1.69 bits per heavy atom. The van der Waals surface area contributed by atoms with Gasteiger partial charge in [0.25, 0.3) is 0 Å². The first-order valence-electron chi connectivity index (χ1n) is 9.21. The Balaban J connectivity index is 1.62. The van der Waals surface area contributed by atoms with Gasteiger partial charge in [-0.3, -0.25) is 0 Å². The van der Waals surface area contributed by atoms with Gasteiger partial charge in [0.05, 0.1) is 0 Å². The van der Waals surface area contributed by atoms with Crippen LogP contribution in [0.2, 0.25) is 0 Å². The highest BCUT2D eigenvalue weighted by Gasteiger charge is 2.26. The van der Waals surface area contributed by atoms with Crippen molar-refractivity contribution in [3.8, 4) is 0 Å². The van der Waals surface area contributed by atoms with Crippen molar-refractivity contribution in [1.82, 2.24) is 0 Å². The number of hydrogen-bond acceptors (Lipinski definition) is 1. The zero-order valence-electron chi connectivity index (χ0n) is 15.0. The molecule has 0 aromatic heterocycles. The summed E-state index contributed by atoms with van der Waals surface area (Å²) < 4.78 is 13.9. The maximum atomic E-state index is 13.9. The molecule has 3 aromatic carbocycles. The van der Waals surface area contributed by atoms with Crippen LogP contribution in [-0.2, 0) is 4.57 Å². The molecule has 2 heteroatoms. The van der Waals surface area contributed by atoms with Crippen molar-refractivity contribution in [2.24, 2.45) is 0 Å². The molecule has 0 aliphatic carbocycles. The predicted molar refractivity (Wildman–Crippen MR) is 114 cm³/mol. The minimum atomic E-state index is -2.55. The number of benzene rings is 3. The molecule has 26 heavy (non-hydrogen) atoms. The molecule has 0 aliphatic heterocycles. The first kappa shape index (κ1) is 18.4. The Labute approximate surface area is 156 Å². The van der Waals surface area contributed by atoms with Crippen LogP contribution >= 0.6 is 7.14 Å². The number of allylic oxidation sites excluding steroid dienone is 1. The molecule has 0 spiro atoms. The van der Waals surface area contributed by atoms with Crippen molar-refractivity contribution in [2.75, 3.05) is 6.16 Å². The zero-order valence-corrected chi connectivity index (χ0v) is 15.9. The number of hydrogen-bond donors (Lipinski definition) is 0. The summed E-state index contributed by atoms with van der Waals surface area (Å²) in [5.74, 6) is 0. The molecule has 3 aromatic rings. The Morgan fingerprint density at radius 1 is 0.654 bits per heavy atom. The summed E-state index contributed by atoms with van der Waals surface area (Å²) in [4.78, 5) is 0. The third kappa shape index (κ3) is 4.84. The molecule has 3 rings (SSSR count). The molecule has 0 amide bonds. The van der Waals surface area contributed by atoms with Crippen LogP contribution in [0.15, 0.2) is 97.1 Å². The molecule has 0 radical (unpaired) electrons. The van der Waals surface area contributed by atoms with Gasteiger partial charge in [0, 0.05) is 16.8 Å². The van der Waals surface area contributed by atoms with Crippen molar-refractivity contribution in [3.05, 3.63) is 103 Å². The first-order chi connectivity index (χ1) is 12.8. The minimum absolute atomic E-state index is 0.722. The summed E-state index contributed by atoms with van der Waals surface area (Å²) in [6.07, 6.45) is 8.12. The highest BCUT2D eigenvalue weighted by Crippen LogP contribution is 2.44. The van der Waals surface area contributed by atoms with Crippen LogP contribution in [0.3, 0.4) is 0 Å². The largest absolute Gasteiger partial charge is 0.314 e. The summed E-state index contributed by atoms with van der Waals surface area (Å²) in [6.45, 7) is 0. The molecule has 0 unspecified atom stereocenters. The first-order valence-corrected chi connectivity index (χ1v) is 11.1.